The lowest BCUT2D eigenvalue weighted by molar-refractivity contribution is 0.627. The predicted molar refractivity (Wildman–Crippen MR) is 318 cm³/mol. The smallest absolute Gasteiger partial charge is 0.0720 e. The highest BCUT2D eigenvalue weighted by Gasteiger charge is 2.57. The van der Waals surface area contributed by atoms with E-state index < -0.39 is 10.8 Å². The maximum absolute atomic E-state index is 3.95. The van der Waals surface area contributed by atoms with Gasteiger partial charge in [-0.15, -0.1) is 0 Å². The molecule has 0 saturated heterocycles. The molecular weight excluding hydrogens is 917 g/mol. The highest BCUT2D eigenvalue weighted by Crippen LogP contribution is 2.66. The minimum absolute atomic E-state index is 0.581. The van der Waals surface area contributed by atoms with Crippen LogP contribution in [0.1, 0.15) is 44.5 Å². The Morgan fingerprint density at radius 2 is 0.724 bits per heavy atom. The molecule has 76 heavy (non-hydrogen) atoms. The van der Waals surface area contributed by atoms with Gasteiger partial charge >= 0.3 is 0 Å². The molecule has 0 spiro atoms. The summed E-state index contributed by atoms with van der Waals surface area (Å²) in [5, 5.41) is 0. The van der Waals surface area contributed by atoms with E-state index in [2.05, 4.69) is 314 Å². The van der Waals surface area contributed by atoms with Gasteiger partial charge in [0.05, 0.1) is 10.8 Å². The third-order valence-corrected chi connectivity index (χ3v) is 15.6. The average molecular weight is 971 g/mol. The first-order valence-corrected chi connectivity index (χ1v) is 26.2. The molecule has 13 rings (SSSR count). The molecule has 360 valence electrons. The van der Waals surface area contributed by atoms with Crippen LogP contribution in [0.4, 0.5) is 28.4 Å². The third kappa shape index (κ3) is 7.57. The molecule has 2 atom stereocenters. The zero-order valence-corrected chi connectivity index (χ0v) is 42.1. The summed E-state index contributed by atoms with van der Waals surface area (Å²) in [4.78, 5) is 4.71. The number of hydrogen-bond donors (Lipinski definition) is 0. The van der Waals surface area contributed by atoms with E-state index >= 15 is 0 Å². The van der Waals surface area contributed by atoms with Gasteiger partial charge in [-0.1, -0.05) is 249 Å². The van der Waals surface area contributed by atoms with Crippen molar-refractivity contribution in [2.24, 2.45) is 0 Å². The van der Waals surface area contributed by atoms with Crippen molar-refractivity contribution >= 4 is 28.4 Å². The average Bonchev–Trinajstić information content (AvgIpc) is 4.03. The zero-order chi connectivity index (χ0) is 50.9. The number of nitrogens with zero attached hydrogens (tertiary/aromatic N) is 2. The molecule has 0 amide bonds. The fourth-order valence-electron chi connectivity index (χ4n) is 12.4. The fourth-order valence-corrected chi connectivity index (χ4v) is 12.4. The molecule has 2 nitrogen and oxygen atoms in total. The van der Waals surface area contributed by atoms with Crippen molar-refractivity contribution in [3.05, 3.63) is 367 Å². The summed E-state index contributed by atoms with van der Waals surface area (Å²) < 4.78 is 0. The number of fused-ring (bicyclic) bond motifs is 5. The molecule has 2 aliphatic rings. The predicted octanol–water partition coefficient (Wildman–Crippen LogP) is 18.9. The van der Waals surface area contributed by atoms with Crippen LogP contribution in [0.25, 0.3) is 33.4 Å². The van der Waals surface area contributed by atoms with E-state index in [4.69, 9.17) is 0 Å². The van der Waals surface area contributed by atoms with Crippen LogP contribution in [0, 0.1) is 0 Å². The van der Waals surface area contributed by atoms with Gasteiger partial charge in [-0.2, -0.15) is 0 Å². The van der Waals surface area contributed by atoms with E-state index in [1.165, 1.54) is 77.9 Å². The first kappa shape index (κ1) is 46.1. The van der Waals surface area contributed by atoms with E-state index in [9.17, 15) is 0 Å². The van der Waals surface area contributed by atoms with Gasteiger partial charge in [0.25, 0.3) is 0 Å². The van der Waals surface area contributed by atoms with Crippen molar-refractivity contribution in [2.45, 2.75) is 10.8 Å². The van der Waals surface area contributed by atoms with Crippen LogP contribution in [0.3, 0.4) is 0 Å². The van der Waals surface area contributed by atoms with Gasteiger partial charge < -0.3 is 9.80 Å². The molecule has 0 N–H and O–H groups in total. The normalized spacial score (nSPS) is 15.9. The first-order valence-electron chi connectivity index (χ1n) is 26.2. The van der Waals surface area contributed by atoms with Crippen molar-refractivity contribution in [1.29, 1.82) is 0 Å². The molecule has 0 heterocycles. The summed E-state index contributed by atoms with van der Waals surface area (Å²) in [7, 11) is 0. The maximum atomic E-state index is 3.95. The van der Waals surface area contributed by atoms with Crippen molar-refractivity contribution in [3.8, 4) is 33.4 Å². The Labute approximate surface area is 446 Å². The second-order valence-electron chi connectivity index (χ2n) is 19.6. The minimum Gasteiger partial charge on any atom is -0.317 e. The van der Waals surface area contributed by atoms with E-state index in [-0.39, 0.29) is 0 Å². The van der Waals surface area contributed by atoms with Crippen LogP contribution in [0.5, 0.6) is 0 Å². The van der Waals surface area contributed by atoms with Crippen LogP contribution in [0.2, 0.25) is 0 Å². The molecule has 0 radical (unpaired) electrons. The molecule has 2 heteroatoms. The molecular formula is C74H54N2. The number of allylic oxidation sites excluding steroid dienone is 4. The summed E-state index contributed by atoms with van der Waals surface area (Å²) in [5.74, 6) is 0. The van der Waals surface area contributed by atoms with Gasteiger partial charge in [0.2, 0.25) is 0 Å². The summed E-state index contributed by atoms with van der Waals surface area (Å²) in [6.07, 6.45) is 10.1. The molecule has 0 fully saturated rings. The Hall–Kier alpha value is -9.76. The maximum Gasteiger partial charge on any atom is 0.0720 e. The quantitative estimate of drug-likeness (QED) is 0.106. The highest BCUT2D eigenvalue weighted by atomic mass is 15.1. The third-order valence-electron chi connectivity index (χ3n) is 15.6. The fraction of sp³-hybridized carbons (Fsp3) is 0.0270. The second-order valence-corrected chi connectivity index (χ2v) is 19.6. The van der Waals surface area contributed by atoms with Crippen LogP contribution in [-0.4, -0.2) is 0 Å². The Morgan fingerprint density at radius 1 is 0.289 bits per heavy atom. The lowest BCUT2D eigenvalue weighted by atomic mass is 9.51. The van der Waals surface area contributed by atoms with Crippen LogP contribution >= 0.6 is 0 Å². The van der Waals surface area contributed by atoms with Crippen molar-refractivity contribution in [3.63, 3.8) is 0 Å². The molecule has 11 aromatic carbocycles. The number of para-hydroxylation sites is 1. The van der Waals surface area contributed by atoms with Crippen LogP contribution < -0.4 is 9.80 Å². The number of anilines is 5. The van der Waals surface area contributed by atoms with Crippen LogP contribution in [0.15, 0.2) is 322 Å². The molecule has 0 saturated carbocycles. The van der Waals surface area contributed by atoms with Crippen molar-refractivity contribution in [2.75, 3.05) is 9.80 Å². The highest BCUT2D eigenvalue weighted by molar-refractivity contribution is 5.92. The monoisotopic (exact) mass is 970 g/mol. The summed E-state index contributed by atoms with van der Waals surface area (Å²) in [6, 6.07) is 105. The SMILES string of the molecule is C=C/C=C\C=C/N(c1ccc(-c2ccccc2)cc1)c1cccc(C2(c3cccc(N(c4ccccc4)c4ccc(-c5ccccc5)cc4)c3)c3ccccc3C3(c4ccccc4)c4ccccc4-c4cccc2c43)c1. The molecule has 2 aliphatic carbocycles. The molecule has 11 aromatic rings. The number of benzene rings is 11. The lowest BCUT2D eigenvalue weighted by Gasteiger charge is -2.49. The Morgan fingerprint density at radius 3 is 1.36 bits per heavy atom. The summed E-state index contributed by atoms with van der Waals surface area (Å²) >= 11 is 0. The van der Waals surface area contributed by atoms with Gasteiger partial charge in [-0.25, -0.2) is 0 Å². The van der Waals surface area contributed by atoms with E-state index in [0.717, 1.165) is 28.4 Å². The first-order chi connectivity index (χ1) is 37.7. The van der Waals surface area contributed by atoms with Gasteiger partial charge in [-0.05, 0) is 145 Å². The largest absolute Gasteiger partial charge is 0.317 e. The van der Waals surface area contributed by atoms with Gasteiger partial charge in [0.15, 0.2) is 0 Å². The zero-order valence-electron chi connectivity index (χ0n) is 42.1. The van der Waals surface area contributed by atoms with Crippen LogP contribution in [-0.2, 0) is 10.8 Å². The standard InChI is InChI=1S/C74H54N2/c1-2-3-4-21-51-75(61-47-43-56(44-48-61)54-25-9-5-10-26-54)64-35-22-31-59(52-64)73(60-32-23-36-65(53-60)76(62-33-15-8-16-34-62)63-49-45-57(46-50-63)55-27-11-6-12-28-55)69-40-19-20-41-70(69)74(58-29-13-7-14-30-58)68-39-18-17-37-66(68)67-38-24-42-71(73)72(67)74/h2-53H,1H2/b4-3-,51-21-. The van der Waals surface area contributed by atoms with E-state index in [1.54, 1.807) is 0 Å². The summed E-state index contributed by atoms with van der Waals surface area (Å²) in [5.41, 5.74) is 21.2. The summed E-state index contributed by atoms with van der Waals surface area (Å²) in [6.45, 7) is 3.95. The van der Waals surface area contributed by atoms with Crippen molar-refractivity contribution in [1.82, 2.24) is 0 Å². The topological polar surface area (TPSA) is 6.48 Å². The Balaban J connectivity index is 1.08. The number of rotatable bonds is 13. The van der Waals surface area contributed by atoms with E-state index in [0.29, 0.717) is 0 Å². The Kier molecular flexibility index (Phi) is 11.9. The van der Waals surface area contributed by atoms with Gasteiger partial charge in [0.1, 0.15) is 0 Å². The number of hydrogen-bond acceptors (Lipinski definition) is 2. The molecule has 2 unspecified atom stereocenters. The van der Waals surface area contributed by atoms with Gasteiger partial charge in [-0.3, -0.25) is 0 Å². The lowest BCUT2D eigenvalue weighted by Crippen LogP contribution is -2.44. The molecule has 0 aliphatic heterocycles. The molecule has 0 aromatic heterocycles. The van der Waals surface area contributed by atoms with Gasteiger partial charge in [0, 0.05) is 34.6 Å². The minimum atomic E-state index is -0.816. The molecule has 0 bridgehead atoms. The van der Waals surface area contributed by atoms with Crippen molar-refractivity contribution < 1.29 is 0 Å². The Bertz CT molecular complexity index is 3940. The van der Waals surface area contributed by atoms with E-state index in [1.807, 2.05) is 18.2 Å². The second kappa shape index (κ2) is 19.6.